The van der Waals surface area contributed by atoms with Gasteiger partial charge in [0, 0.05) is 21.2 Å². The van der Waals surface area contributed by atoms with Crippen molar-refractivity contribution in [2.75, 3.05) is 5.32 Å². The van der Waals surface area contributed by atoms with E-state index in [1.165, 1.54) is 16.9 Å². The Morgan fingerprint density at radius 1 is 1.10 bits per heavy atom. The quantitative estimate of drug-likeness (QED) is 0.326. The minimum atomic E-state index is -0.697. The van der Waals surface area contributed by atoms with E-state index in [0.717, 1.165) is 15.2 Å². The fourth-order valence-electron chi connectivity index (χ4n) is 3.04. The van der Waals surface area contributed by atoms with Crippen molar-refractivity contribution >= 4 is 83.3 Å². The molecule has 0 aliphatic heterocycles. The van der Waals surface area contributed by atoms with Crippen LogP contribution in [0.4, 0.5) is 5.69 Å². The molecule has 0 aliphatic carbocycles. The largest absolute Gasteiger partial charge is 0.366 e. The first-order chi connectivity index (χ1) is 14.8. The van der Waals surface area contributed by atoms with Gasteiger partial charge in [-0.2, -0.15) is 5.10 Å². The van der Waals surface area contributed by atoms with Crippen LogP contribution >= 0.6 is 55.1 Å². The van der Waals surface area contributed by atoms with Crippen molar-refractivity contribution in [3.63, 3.8) is 0 Å². The molecule has 2 aromatic carbocycles. The van der Waals surface area contributed by atoms with Crippen LogP contribution in [0.15, 0.2) is 57.6 Å². The summed E-state index contributed by atoms with van der Waals surface area (Å²) in [5.74, 6) is -1.04. The Bertz CT molecular complexity index is 1370. The number of pyridine rings is 1. The molecule has 0 radical (unpaired) electrons. The molecule has 2 aromatic heterocycles. The fourth-order valence-corrected chi connectivity index (χ4v) is 4.47. The molecule has 0 atom stereocenters. The molecule has 0 fully saturated rings. The predicted molar refractivity (Wildman–Crippen MR) is 127 cm³/mol. The van der Waals surface area contributed by atoms with Gasteiger partial charge in [-0.3, -0.25) is 9.59 Å². The normalized spacial score (nSPS) is 11.0. The molecule has 0 spiro atoms. The average molecular weight is 584 g/mol. The van der Waals surface area contributed by atoms with Gasteiger partial charge in [-0.05, 0) is 57.0 Å². The molecule has 31 heavy (non-hydrogen) atoms. The summed E-state index contributed by atoms with van der Waals surface area (Å²) in [6, 6.07) is 11.8. The van der Waals surface area contributed by atoms with E-state index in [0.29, 0.717) is 4.47 Å². The molecule has 7 nitrogen and oxygen atoms in total. The highest BCUT2D eigenvalue weighted by atomic mass is 79.9. The summed E-state index contributed by atoms with van der Waals surface area (Å²) in [4.78, 5) is 29.5. The minimum absolute atomic E-state index is 0.0730. The van der Waals surface area contributed by atoms with Crippen molar-refractivity contribution in [3.05, 3.63) is 79.0 Å². The fraction of sp³-hybridized carbons (Fsp3) is 0. The summed E-state index contributed by atoms with van der Waals surface area (Å²) in [5, 5.41) is 8.75. The summed E-state index contributed by atoms with van der Waals surface area (Å²) >= 11 is 19.1. The monoisotopic (exact) mass is 581 g/mol. The number of fused-ring (bicyclic) bond motifs is 1. The topological polar surface area (TPSA) is 103 Å². The van der Waals surface area contributed by atoms with Gasteiger partial charge in [-0.15, -0.1) is 0 Å². The van der Waals surface area contributed by atoms with Crippen molar-refractivity contribution in [1.29, 1.82) is 0 Å². The van der Waals surface area contributed by atoms with E-state index in [1.807, 2.05) is 18.2 Å². The molecule has 4 rings (SSSR count). The van der Waals surface area contributed by atoms with Gasteiger partial charge < -0.3 is 11.1 Å². The zero-order valence-electron chi connectivity index (χ0n) is 15.4. The van der Waals surface area contributed by atoms with E-state index in [1.54, 1.807) is 18.2 Å². The maximum absolute atomic E-state index is 13.2. The summed E-state index contributed by atoms with van der Waals surface area (Å²) < 4.78 is 2.58. The predicted octanol–water partition coefficient (Wildman–Crippen LogP) is 5.60. The number of hydrogen-bond donors (Lipinski definition) is 2. The van der Waals surface area contributed by atoms with Crippen LogP contribution in [0.25, 0.3) is 16.6 Å². The Morgan fingerprint density at radius 3 is 2.58 bits per heavy atom. The number of nitrogens with two attached hydrogens (primary N) is 1. The smallest absolute Gasteiger partial charge is 0.274 e. The average Bonchev–Trinajstić information content (AvgIpc) is 3.11. The SMILES string of the molecule is NC(=O)c1cc2cc(Br)ccc2c(Br)c1NC(=O)c1cc(Cl)nn1-c1ncccc1Cl. The third kappa shape index (κ3) is 4.18. The molecule has 2 heterocycles. The van der Waals surface area contributed by atoms with Gasteiger partial charge in [0.25, 0.3) is 11.8 Å². The highest BCUT2D eigenvalue weighted by molar-refractivity contribution is 9.11. The Balaban J connectivity index is 1.82. The summed E-state index contributed by atoms with van der Waals surface area (Å²) in [5.41, 5.74) is 6.02. The first-order valence-corrected chi connectivity index (χ1v) is 11.0. The van der Waals surface area contributed by atoms with Crippen LogP contribution in [0.2, 0.25) is 10.2 Å². The first-order valence-electron chi connectivity index (χ1n) is 8.65. The number of benzene rings is 2. The van der Waals surface area contributed by atoms with Crippen LogP contribution < -0.4 is 11.1 Å². The molecule has 3 N–H and O–H groups in total. The molecule has 156 valence electrons. The van der Waals surface area contributed by atoms with Crippen molar-refractivity contribution in [2.45, 2.75) is 0 Å². The number of nitrogens with zero attached hydrogens (tertiary/aromatic N) is 3. The van der Waals surface area contributed by atoms with Gasteiger partial charge in [0.05, 0.1) is 16.3 Å². The second kappa shape index (κ2) is 8.58. The lowest BCUT2D eigenvalue weighted by Crippen LogP contribution is -2.21. The number of rotatable bonds is 4. The van der Waals surface area contributed by atoms with Crippen LogP contribution in [0.1, 0.15) is 20.8 Å². The lowest BCUT2D eigenvalue weighted by molar-refractivity contribution is 0.100. The number of halogens is 4. The maximum Gasteiger partial charge on any atom is 0.274 e. The summed E-state index contributed by atoms with van der Waals surface area (Å²) in [6.45, 7) is 0. The van der Waals surface area contributed by atoms with Gasteiger partial charge in [0.1, 0.15) is 5.69 Å². The van der Waals surface area contributed by atoms with Gasteiger partial charge in [-0.25, -0.2) is 9.67 Å². The number of carbonyl (C=O) groups excluding carboxylic acids is 2. The number of nitrogens with one attached hydrogen (secondary N) is 1. The molecule has 4 aromatic rings. The van der Waals surface area contributed by atoms with Gasteiger partial charge in [0.2, 0.25) is 0 Å². The van der Waals surface area contributed by atoms with Crippen LogP contribution in [0.5, 0.6) is 0 Å². The Labute approximate surface area is 202 Å². The minimum Gasteiger partial charge on any atom is -0.366 e. The molecule has 11 heteroatoms. The van der Waals surface area contributed by atoms with E-state index in [2.05, 4.69) is 47.3 Å². The highest BCUT2D eigenvalue weighted by Gasteiger charge is 2.23. The molecule has 0 bridgehead atoms. The highest BCUT2D eigenvalue weighted by Crippen LogP contribution is 2.36. The lowest BCUT2D eigenvalue weighted by Gasteiger charge is -2.15. The second-order valence-electron chi connectivity index (χ2n) is 6.37. The van der Waals surface area contributed by atoms with E-state index >= 15 is 0 Å². The van der Waals surface area contributed by atoms with Crippen LogP contribution in [0, 0.1) is 0 Å². The number of hydrogen-bond acceptors (Lipinski definition) is 4. The lowest BCUT2D eigenvalue weighted by atomic mass is 10.0. The zero-order chi connectivity index (χ0) is 22.3. The zero-order valence-corrected chi connectivity index (χ0v) is 20.0. The Hall–Kier alpha value is -2.46. The summed E-state index contributed by atoms with van der Waals surface area (Å²) in [7, 11) is 0. The van der Waals surface area contributed by atoms with Crippen molar-refractivity contribution in [2.24, 2.45) is 5.73 Å². The number of aromatic nitrogens is 3. The van der Waals surface area contributed by atoms with Gasteiger partial charge in [0.15, 0.2) is 11.0 Å². The number of anilines is 1. The summed E-state index contributed by atoms with van der Waals surface area (Å²) in [6.07, 6.45) is 1.52. The van der Waals surface area contributed by atoms with Crippen LogP contribution in [-0.2, 0) is 0 Å². The van der Waals surface area contributed by atoms with Crippen molar-refractivity contribution in [1.82, 2.24) is 14.8 Å². The van der Waals surface area contributed by atoms with Crippen LogP contribution in [0.3, 0.4) is 0 Å². The molecular formula is C20H11Br2Cl2N5O2. The number of primary amides is 1. The molecular weight excluding hydrogens is 573 g/mol. The third-order valence-corrected chi connectivity index (χ3v) is 6.19. The van der Waals surface area contributed by atoms with Crippen LogP contribution in [-0.4, -0.2) is 26.6 Å². The van der Waals surface area contributed by atoms with E-state index < -0.39 is 11.8 Å². The number of amides is 2. The van der Waals surface area contributed by atoms with Crippen molar-refractivity contribution in [3.8, 4) is 5.82 Å². The molecule has 0 saturated carbocycles. The first kappa shape index (κ1) is 21.8. The van der Waals surface area contributed by atoms with E-state index in [9.17, 15) is 9.59 Å². The maximum atomic E-state index is 13.2. The number of carbonyl (C=O) groups is 2. The van der Waals surface area contributed by atoms with Gasteiger partial charge in [-0.1, -0.05) is 45.2 Å². The Kier molecular flexibility index (Phi) is 6.02. The molecule has 0 unspecified atom stereocenters. The standard InChI is InChI=1S/C20H11Br2Cl2N5O2/c21-10-3-4-11-9(6-10)7-12(18(25)30)17(16(11)22)27-20(31)14-8-15(24)28-29(14)19-13(23)2-1-5-26-19/h1-8H,(H2,25,30)(H,27,31). The molecule has 2 amide bonds. The van der Waals surface area contributed by atoms with E-state index in [4.69, 9.17) is 28.9 Å². The second-order valence-corrected chi connectivity index (χ2v) is 8.87. The molecule has 0 aliphatic rings. The third-order valence-electron chi connectivity index (χ3n) is 4.39. The Morgan fingerprint density at radius 2 is 1.87 bits per heavy atom. The van der Waals surface area contributed by atoms with E-state index in [-0.39, 0.29) is 32.9 Å². The van der Waals surface area contributed by atoms with Crippen molar-refractivity contribution < 1.29 is 9.59 Å². The molecule has 0 saturated heterocycles. The van der Waals surface area contributed by atoms with Gasteiger partial charge >= 0.3 is 0 Å².